The lowest BCUT2D eigenvalue weighted by molar-refractivity contribution is -0.145. The van der Waals surface area contributed by atoms with Gasteiger partial charge in [0.25, 0.3) is 0 Å². The molecular weight excluding hydrogens is 294 g/mol. The largest absolute Gasteiger partial charge is 0.469 e. The van der Waals surface area contributed by atoms with E-state index in [0.717, 1.165) is 36.7 Å². The topological polar surface area (TPSA) is 64.5 Å². The zero-order chi connectivity index (χ0) is 17.0. The van der Waals surface area contributed by atoms with Gasteiger partial charge in [-0.15, -0.1) is 0 Å². The Morgan fingerprint density at radius 2 is 2.09 bits per heavy atom. The Bertz CT molecular complexity index is 555. The number of carbonyl (C=O) groups excluding carboxylic acids is 1. The average molecular weight is 321 g/mol. The quantitative estimate of drug-likeness (QED) is 0.793. The lowest BCUT2D eigenvalue weighted by Gasteiger charge is -2.33. The molecule has 1 aliphatic heterocycles. The number of anilines is 1. The predicted octanol–water partition coefficient (Wildman–Crippen LogP) is 2.31. The van der Waals surface area contributed by atoms with E-state index in [9.17, 15) is 4.79 Å². The molecule has 0 N–H and O–H groups in total. The Labute approximate surface area is 138 Å². The summed E-state index contributed by atoms with van der Waals surface area (Å²) in [4.78, 5) is 23.3. The highest BCUT2D eigenvalue weighted by molar-refractivity contribution is 5.73. The first-order valence-electron chi connectivity index (χ1n) is 8.05. The van der Waals surface area contributed by atoms with Gasteiger partial charge in [-0.05, 0) is 12.8 Å². The van der Waals surface area contributed by atoms with Crippen molar-refractivity contribution >= 4 is 11.8 Å². The van der Waals surface area contributed by atoms with Crippen LogP contribution >= 0.6 is 0 Å². The van der Waals surface area contributed by atoms with Crippen molar-refractivity contribution in [3.8, 4) is 0 Å². The first kappa shape index (κ1) is 17.7. The van der Waals surface area contributed by atoms with Crippen LogP contribution in [0.2, 0.25) is 0 Å². The summed E-state index contributed by atoms with van der Waals surface area (Å²) in [6.07, 6.45) is 1.82. The van der Waals surface area contributed by atoms with Crippen molar-refractivity contribution in [2.45, 2.75) is 45.6 Å². The maximum Gasteiger partial charge on any atom is 0.310 e. The van der Waals surface area contributed by atoms with Gasteiger partial charge in [-0.3, -0.25) is 4.79 Å². The summed E-state index contributed by atoms with van der Waals surface area (Å²) in [6, 6.07) is 1.96. The van der Waals surface area contributed by atoms with Crippen LogP contribution in [-0.2, 0) is 26.3 Å². The van der Waals surface area contributed by atoms with Gasteiger partial charge in [0, 0.05) is 31.7 Å². The van der Waals surface area contributed by atoms with Crippen molar-refractivity contribution in [2.24, 2.45) is 5.92 Å². The van der Waals surface area contributed by atoms with Gasteiger partial charge in [0.1, 0.15) is 11.6 Å². The van der Waals surface area contributed by atoms with Crippen molar-refractivity contribution in [3.05, 3.63) is 17.6 Å². The molecule has 1 aromatic rings. The number of carbonyl (C=O) groups is 1. The molecule has 0 aliphatic carbocycles. The highest BCUT2D eigenvalue weighted by Gasteiger charge is 2.28. The van der Waals surface area contributed by atoms with E-state index in [4.69, 9.17) is 14.5 Å². The SMILES string of the molecule is COCc1cc(N2CCC[C@H](C(=O)OC)C2)nc(C(C)(C)C)n1. The van der Waals surface area contributed by atoms with E-state index in [2.05, 4.69) is 30.7 Å². The first-order valence-corrected chi connectivity index (χ1v) is 8.05. The summed E-state index contributed by atoms with van der Waals surface area (Å²) < 4.78 is 10.1. The minimum Gasteiger partial charge on any atom is -0.469 e. The molecule has 0 saturated carbocycles. The van der Waals surface area contributed by atoms with Gasteiger partial charge in [0.2, 0.25) is 0 Å². The smallest absolute Gasteiger partial charge is 0.310 e. The van der Waals surface area contributed by atoms with E-state index in [1.807, 2.05) is 6.07 Å². The number of methoxy groups -OCH3 is 2. The fourth-order valence-electron chi connectivity index (χ4n) is 2.75. The van der Waals surface area contributed by atoms with E-state index >= 15 is 0 Å². The monoisotopic (exact) mass is 321 g/mol. The number of rotatable bonds is 4. The average Bonchev–Trinajstić information content (AvgIpc) is 2.53. The van der Waals surface area contributed by atoms with Crippen LogP contribution < -0.4 is 4.90 Å². The van der Waals surface area contributed by atoms with Crippen molar-refractivity contribution in [2.75, 3.05) is 32.2 Å². The molecule has 0 aromatic carbocycles. The molecule has 0 radical (unpaired) electrons. The third-order valence-corrected chi connectivity index (χ3v) is 4.01. The molecule has 1 atom stereocenters. The standard InChI is InChI=1S/C17H27N3O3/c1-17(2,3)16-18-13(11-22-4)9-14(19-16)20-8-6-7-12(10-20)15(21)23-5/h9,12H,6-8,10-11H2,1-5H3/t12-/m0/s1. The zero-order valence-corrected chi connectivity index (χ0v) is 14.8. The molecule has 2 rings (SSSR count). The molecular formula is C17H27N3O3. The lowest BCUT2D eigenvalue weighted by Crippen LogP contribution is -2.40. The van der Waals surface area contributed by atoms with Crippen LogP contribution in [0.3, 0.4) is 0 Å². The summed E-state index contributed by atoms with van der Waals surface area (Å²) in [5.41, 5.74) is 0.721. The molecule has 1 fully saturated rings. The van der Waals surface area contributed by atoms with E-state index in [1.165, 1.54) is 7.11 Å². The minimum atomic E-state index is -0.143. The van der Waals surface area contributed by atoms with E-state index in [1.54, 1.807) is 7.11 Å². The third-order valence-electron chi connectivity index (χ3n) is 4.01. The second-order valence-corrected chi connectivity index (χ2v) is 7.03. The summed E-state index contributed by atoms with van der Waals surface area (Å²) in [6.45, 7) is 8.26. The third kappa shape index (κ3) is 4.41. The van der Waals surface area contributed by atoms with Crippen LogP contribution in [0.1, 0.15) is 45.1 Å². The van der Waals surface area contributed by atoms with Crippen molar-refractivity contribution in [1.82, 2.24) is 9.97 Å². The molecule has 1 aliphatic rings. The van der Waals surface area contributed by atoms with Gasteiger partial charge in [-0.25, -0.2) is 9.97 Å². The molecule has 6 heteroatoms. The normalized spacial score (nSPS) is 18.8. The highest BCUT2D eigenvalue weighted by atomic mass is 16.5. The van der Waals surface area contributed by atoms with Crippen LogP contribution in [-0.4, -0.2) is 43.2 Å². The van der Waals surface area contributed by atoms with Gasteiger partial charge in [-0.1, -0.05) is 20.8 Å². The van der Waals surface area contributed by atoms with Crippen LogP contribution in [0.15, 0.2) is 6.07 Å². The number of nitrogens with zero attached hydrogens (tertiary/aromatic N) is 3. The predicted molar refractivity (Wildman–Crippen MR) is 88.4 cm³/mol. The minimum absolute atomic E-state index is 0.0901. The number of aromatic nitrogens is 2. The fraction of sp³-hybridized carbons (Fsp3) is 0.706. The van der Waals surface area contributed by atoms with E-state index in [-0.39, 0.29) is 17.3 Å². The molecule has 0 amide bonds. The Kier molecular flexibility index (Phi) is 5.57. The van der Waals surface area contributed by atoms with Gasteiger partial charge >= 0.3 is 5.97 Å². The maximum absolute atomic E-state index is 11.8. The van der Waals surface area contributed by atoms with Crippen molar-refractivity contribution < 1.29 is 14.3 Å². The molecule has 0 bridgehead atoms. The summed E-state index contributed by atoms with van der Waals surface area (Å²) in [7, 11) is 3.10. The molecule has 1 saturated heterocycles. The lowest BCUT2D eigenvalue weighted by atomic mass is 9.95. The highest BCUT2D eigenvalue weighted by Crippen LogP contribution is 2.26. The zero-order valence-electron chi connectivity index (χ0n) is 14.8. The number of piperidine rings is 1. The fourth-order valence-corrected chi connectivity index (χ4v) is 2.75. The second kappa shape index (κ2) is 7.25. The summed E-state index contributed by atoms with van der Waals surface area (Å²) in [5, 5.41) is 0. The van der Waals surface area contributed by atoms with Gasteiger partial charge in [-0.2, -0.15) is 0 Å². The summed E-state index contributed by atoms with van der Waals surface area (Å²) in [5.74, 6) is 1.43. The number of hydrogen-bond donors (Lipinski definition) is 0. The van der Waals surface area contributed by atoms with E-state index < -0.39 is 0 Å². The molecule has 1 aromatic heterocycles. The Morgan fingerprint density at radius 3 is 2.70 bits per heavy atom. The Balaban J connectivity index is 2.30. The van der Waals surface area contributed by atoms with Crippen LogP contribution in [0, 0.1) is 5.92 Å². The maximum atomic E-state index is 11.8. The Hall–Kier alpha value is -1.69. The molecule has 2 heterocycles. The van der Waals surface area contributed by atoms with Gasteiger partial charge in [0.15, 0.2) is 0 Å². The van der Waals surface area contributed by atoms with Crippen molar-refractivity contribution in [1.29, 1.82) is 0 Å². The van der Waals surface area contributed by atoms with Crippen LogP contribution in [0.5, 0.6) is 0 Å². The van der Waals surface area contributed by atoms with Crippen molar-refractivity contribution in [3.63, 3.8) is 0 Å². The molecule has 23 heavy (non-hydrogen) atoms. The molecule has 0 spiro atoms. The molecule has 0 unspecified atom stereocenters. The molecule has 128 valence electrons. The van der Waals surface area contributed by atoms with E-state index in [0.29, 0.717) is 13.2 Å². The van der Waals surface area contributed by atoms with Gasteiger partial charge in [0.05, 0.1) is 25.3 Å². The Morgan fingerprint density at radius 1 is 1.35 bits per heavy atom. The van der Waals surface area contributed by atoms with Crippen LogP contribution in [0.4, 0.5) is 5.82 Å². The first-order chi connectivity index (χ1) is 10.8. The van der Waals surface area contributed by atoms with Crippen LogP contribution in [0.25, 0.3) is 0 Å². The summed E-state index contributed by atoms with van der Waals surface area (Å²) >= 11 is 0. The number of hydrogen-bond acceptors (Lipinski definition) is 6. The molecule has 6 nitrogen and oxygen atoms in total. The van der Waals surface area contributed by atoms with Gasteiger partial charge < -0.3 is 14.4 Å². The number of esters is 1. The number of ether oxygens (including phenoxy) is 2. The second-order valence-electron chi connectivity index (χ2n) is 7.03.